The second-order valence-electron chi connectivity index (χ2n) is 9.84. The Morgan fingerprint density at radius 2 is 1.57 bits per heavy atom. The number of likely N-dealkylation sites (tertiary alicyclic amines) is 1. The van der Waals surface area contributed by atoms with Crippen LogP contribution in [0.25, 0.3) is 0 Å². The van der Waals surface area contributed by atoms with Crippen molar-refractivity contribution in [2.45, 2.75) is 70.3 Å². The highest BCUT2D eigenvalue weighted by Crippen LogP contribution is 2.34. The summed E-state index contributed by atoms with van der Waals surface area (Å²) in [5, 5.41) is 3.41. The van der Waals surface area contributed by atoms with Crippen molar-refractivity contribution in [2.75, 3.05) is 33.3 Å². The number of nitrogens with zero attached hydrogens (tertiary/aromatic N) is 1. The van der Waals surface area contributed by atoms with Gasteiger partial charge in [0, 0.05) is 25.6 Å². The Balaban J connectivity index is 0.000000466. The number of methoxy groups -OCH3 is 1. The van der Waals surface area contributed by atoms with Crippen molar-refractivity contribution in [1.82, 2.24) is 10.2 Å². The normalized spacial score (nSPS) is 18.3. The fourth-order valence-electron chi connectivity index (χ4n) is 4.43. The monoisotopic (exact) mass is 522 g/mol. The van der Waals surface area contributed by atoms with Gasteiger partial charge in [-0.1, -0.05) is 39.8 Å². The second-order valence-corrected chi connectivity index (χ2v) is 11.2. The summed E-state index contributed by atoms with van der Waals surface area (Å²) in [6.07, 6.45) is 1.82. The Bertz CT molecular complexity index is 939. The molecule has 0 unspecified atom stereocenters. The van der Waals surface area contributed by atoms with Crippen LogP contribution in [0.15, 0.2) is 12.1 Å². The summed E-state index contributed by atoms with van der Waals surface area (Å²) < 4.78 is 62.5. The van der Waals surface area contributed by atoms with Crippen LogP contribution in [0.5, 0.6) is 0 Å². The van der Waals surface area contributed by atoms with Crippen molar-refractivity contribution < 1.29 is 35.7 Å². The highest BCUT2D eigenvalue weighted by molar-refractivity contribution is 7.86. The maximum absolute atomic E-state index is 11.8. The average molecular weight is 523 g/mol. The van der Waals surface area contributed by atoms with E-state index in [1.165, 1.54) is 29.4 Å². The number of ether oxygens (including phenoxy) is 1. The fourth-order valence-corrected chi connectivity index (χ4v) is 4.43. The van der Waals surface area contributed by atoms with Crippen LogP contribution in [-0.4, -0.2) is 62.6 Å². The number of nitrogens with one attached hydrogen (secondary N) is 1. The number of benzene rings is 1. The lowest BCUT2D eigenvalue weighted by molar-refractivity contribution is -0.147. The van der Waals surface area contributed by atoms with Crippen LogP contribution >= 0.6 is 0 Å². The number of esters is 1. The third kappa shape index (κ3) is 7.90. The molecule has 1 aromatic carbocycles. The van der Waals surface area contributed by atoms with Crippen molar-refractivity contribution >= 4 is 16.1 Å². The third-order valence-electron chi connectivity index (χ3n) is 6.63. The molecule has 0 saturated carbocycles. The molecule has 2 N–H and O–H groups in total. The molecular formula is C24H37F3N2O5S. The molecule has 2 saturated heterocycles. The number of alkyl halides is 3. The summed E-state index contributed by atoms with van der Waals surface area (Å²) in [6, 6.07) is 4.94. The zero-order valence-corrected chi connectivity index (χ0v) is 21.8. The molecule has 3 rings (SSSR count). The molecule has 200 valence electrons. The number of carbonyl (C=O) groups excluding carboxylic acids is 1. The van der Waals surface area contributed by atoms with E-state index in [1.807, 2.05) is 0 Å². The van der Waals surface area contributed by atoms with E-state index < -0.39 is 15.6 Å². The molecule has 2 fully saturated rings. The number of carbonyl (C=O) groups is 1. The number of halogens is 3. The smallest absolute Gasteiger partial charge is 0.469 e. The zero-order valence-electron chi connectivity index (χ0n) is 21.0. The van der Waals surface area contributed by atoms with Crippen molar-refractivity contribution in [3.63, 3.8) is 0 Å². The molecule has 2 aliphatic rings. The Morgan fingerprint density at radius 1 is 1.11 bits per heavy atom. The van der Waals surface area contributed by atoms with E-state index in [-0.39, 0.29) is 11.9 Å². The van der Waals surface area contributed by atoms with Crippen LogP contribution in [-0.2, 0) is 26.2 Å². The fraction of sp³-hybridized carbons (Fsp3) is 0.708. The Morgan fingerprint density at radius 3 is 1.89 bits per heavy atom. The van der Waals surface area contributed by atoms with E-state index in [9.17, 15) is 18.0 Å². The minimum absolute atomic E-state index is 0.0427. The van der Waals surface area contributed by atoms with Crippen LogP contribution in [0, 0.1) is 5.92 Å². The van der Waals surface area contributed by atoms with Gasteiger partial charge in [-0.15, -0.1) is 0 Å². The van der Waals surface area contributed by atoms with Gasteiger partial charge in [-0.25, -0.2) is 0 Å². The largest absolute Gasteiger partial charge is 0.522 e. The van der Waals surface area contributed by atoms with E-state index in [2.05, 4.69) is 50.0 Å². The first-order valence-electron chi connectivity index (χ1n) is 11.9. The highest BCUT2D eigenvalue weighted by Gasteiger charge is 2.44. The minimum atomic E-state index is -5.84. The summed E-state index contributed by atoms with van der Waals surface area (Å²) >= 11 is 0. The topological polar surface area (TPSA) is 95.9 Å². The molecule has 2 heterocycles. The van der Waals surface area contributed by atoms with Gasteiger partial charge < -0.3 is 10.1 Å². The molecule has 2 aliphatic heterocycles. The third-order valence-corrected chi connectivity index (χ3v) is 7.22. The molecular weight excluding hydrogens is 485 g/mol. The molecule has 0 aliphatic carbocycles. The van der Waals surface area contributed by atoms with Crippen LogP contribution in [0.3, 0.4) is 0 Å². The summed E-state index contributed by atoms with van der Waals surface area (Å²) in [5.41, 5.74) is 0.519. The van der Waals surface area contributed by atoms with E-state index in [0.29, 0.717) is 17.8 Å². The number of hydrogen-bond donors (Lipinski definition) is 2. The van der Waals surface area contributed by atoms with Crippen molar-refractivity contribution in [1.29, 1.82) is 0 Å². The first kappa shape index (κ1) is 29.5. The Kier molecular flexibility index (Phi) is 10.2. The van der Waals surface area contributed by atoms with Crippen LogP contribution in [0.1, 0.15) is 80.5 Å². The standard InChI is InChI=1S/C23H36N2O2.CHF3O3S/c1-15(2)20-10-18(19-12-24-13-19)11-21(16(3)4)22(20)14-25-8-6-17(7-9-25)23(26)27-5;2-1(3,4)8(5,6)7/h10-11,15-17,19,24H,6-9,12-14H2,1-5H3;(H,5,6,7). The molecule has 0 amide bonds. The van der Waals surface area contributed by atoms with Crippen molar-refractivity contribution in [3.8, 4) is 0 Å². The maximum atomic E-state index is 11.8. The molecule has 11 heteroatoms. The number of piperidine rings is 1. The lowest BCUT2D eigenvalue weighted by Crippen LogP contribution is -2.40. The molecule has 0 aromatic heterocycles. The van der Waals surface area contributed by atoms with Gasteiger partial charge in [-0.2, -0.15) is 21.6 Å². The predicted molar refractivity (Wildman–Crippen MR) is 128 cm³/mol. The van der Waals surface area contributed by atoms with Gasteiger partial charge in [0.05, 0.1) is 13.0 Å². The van der Waals surface area contributed by atoms with Crippen molar-refractivity contribution in [2.24, 2.45) is 5.92 Å². The number of rotatable bonds is 6. The van der Waals surface area contributed by atoms with E-state index in [0.717, 1.165) is 45.6 Å². The van der Waals surface area contributed by atoms with Gasteiger partial charge in [-0.05, 0) is 60.0 Å². The van der Waals surface area contributed by atoms with Crippen LogP contribution in [0.2, 0.25) is 0 Å². The molecule has 0 atom stereocenters. The molecule has 1 aromatic rings. The first-order valence-corrected chi connectivity index (χ1v) is 13.3. The Hall–Kier alpha value is -1.69. The molecule has 0 spiro atoms. The molecule has 7 nitrogen and oxygen atoms in total. The van der Waals surface area contributed by atoms with Gasteiger partial charge in [0.2, 0.25) is 0 Å². The van der Waals surface area contributed by atoms with Crippen molar-refractivity contribution in [3.05, 3.63) is 34.4 Å². The summed E-state index contributed by atoms with van der Waals surface area (Å²) in [4.78, 5) is 14.3. The number of hydrogen-bond acceptors (Lipinski definition) is 6. The molecule has 35 heavy (non-hydrogen) atoms. The lowest BCUT2D eigenvalue weighted by Gasteiger charge is -2.34. The Labute approximate surface area is 206 Å². The first-order chi connectivity index (χ1) is 16.2. The lowest BCUT2D eigenvalue weighted by atomic mass is 9.82. The molecule has 0 radical (unpaired) electrons. The minimum Gasteiger partial charge on any atom is -0.469 e. The summed E-state index contributed by atoms with van der Waals surface area (Å²) in [5.74, 6) is 1.76. The van der Waals surface area contributed by atoms with E-state index in [4.69, 9.17) is 17.7 Å². The van der Waals surface area contributed by atoms with Gasteiger partial charge in [0.15, 0.2) is 0 Å². The predicted octanol–water partition coefficient (Wildman–Crippen LogP) is 4.40. The average Bonchev–Trinajstić information content (AvgIpc) is 2.71. The van der Waals surface area contributed by atoms with E-state index in [1.54, 1.807) is 0 Å². The van der Waals surface area contributed by atoms with Crippen LogP contribution in [0.4, 0.5) is 13.2 Å². The maximum Gasteiger partial charge on any atom is 0.522 e. The van der Waals surface area contributed by atoms with Gasteiger partial charge in [0.1, 0.15) is 0 Å². The van der Waals surface area contributed by atoms with Gasteiger partial charge >= 0.3 is 21.6 Å². The van der Waals surface area contributed by atoms with Crippen LogP contribution < -0.4 is 5.32 Å². The van der Waals surface area contributed by atoms with Gasteiger partial charge in [-0.3, -0.25) is 14.2 Å². The highest BCUT2D eigenvalue weighted by atomic mass is 32.2. The SMILES string of the molecule is COC(=O)C1CCN(Cc2c(C(C)C)cc(C3CNC3)cc2C(C)C)CC1.O=S(=O)(O)C(F)(F)F. The second kappa shape index (κ2) is 12.0. The van der Waals surface area contributed by atoms with E-state index >= 15 is 0 Å². The van der Waals surface area contributed by atoms with Gasteiger partial charge in [0.25, 0.3) is 0 Å². The zero-order chi connectivity index (χ0) is 26.6. The summed E-state index contributed by atoms with van der Waals surface area (Å²) in [6.45, 7) is 14.4. The quantitative estimate of drug-likeness (QED) is 0.325. The molecule has 0 bridgehead atoms. The summed E-state index contributed by atoms with van der Waals surface area (Å²) in [7, 11) is -4.34.